The molecule has 4 N–H and O–H groups in total. The number of carbonyl (C=O) groups excluding carboxylic acids is 1. The lowest BCUT2D eigenvalue weighted by Crippen LogP contribution is -2.80. The molecule has 0 amide bonds. The lowest BCUT2D eigenvalue weighted by Gasteiger charge is -2.12. The highest BCUT2D eigenvalue weighted by Crippen LogP contribution is 2.28. The van der Waals surface area contributed by atoms with E-state index in [9.17, 15) is 18.0 Å². The third-order valence-electron chi connectivity index (χ3n) is 3.90. The Bertz CT molecular complexity index is 960. The van der Waals surface area contributed by atoms with Crippen LogP contribution in [0.5, 0.6) is 0 Å². The minimum atomic E-state index is -4.69. The van der Waals surface area contributed by atoms with Crippen LogP contribution in [-0.2, 0) is 11.3 Å². The van der Waals surface area contributed by atoms with Crippen molar-refractivity contribution < 1.29 is 23.3 Å². The molecule has 0 saturated carbocycles. The van der Waals surface area contributed by atoms with Gasteiger partial charge in [-0.05, 0) is 42.0 Å². The molecule has 0 aromatic heterocycles. The molecule has 0 unspecified atom stereocenters. The van der Waals surface area contributed by atoms with Crippen molar-refractivity contribution in [3.05, 3.63) is 73.8 Å². The molecule has 0 saturated heterocycles. The van der Waals surface area contributed by atoms with Gasteiger partial charge in [-0.2, -0.15) is 13.2 Å². The normalized spacial score (nSPS) is 12.0. The van der Waals surface area contributed by atoms with E-state index in [0.29, 0.717) is 16.7 Å². The topological polar surface area (TPSA) is 69.6 Å². The Morgan fingerprint density at radius 2 is 1.83 bits per heavy atom. The largest absolute Gasteiger partial charge is 0.466 e. The lowest BCUT2D eigenvalue weighted by molar-refractivity contribution is -0.597. The first kappa shape index (κ1) is 23.4. The number of quaternary nitrogens is 1. The number of hydrogen-bond donors (Lipinski definition) is 3. The maximum atomic E-state index is 12.9. The third-order valence-corrected chi connectivity index (χ3v) is 5.10. The average molecular weight is 510 g/mol. The van der Waals surface area contributed by atoms with Crippen molar-refractivity contribution >= 4 is 56.3 Å². The molecule has 2 rings (SSSR count). The molecule has 4 nitrogen and oxygen atoms in total. The van der Waals surface area contributed by atoms with Crippen molar-refractivity contribution in [2.75, 3.05) is 12.4 Å². The number of allylic oxidation sites excluding steroid dienone is 2. The van der Waals surface area contributed by atoms with E-state index in [1.54, 1.807) is 0 Å². The molecule has 0 bridgehead atoms. The predicted octanol–water partition coefficient (Wildman–Crippen LogP) is 4.94. The van der Waals surface area contributed by atoms with Crippen molar-refractivity contribution in [3.8, 4) is 0 Å². The molecule has 154 valence electrons. The van der Waals surface area contributed by atoms with Gasteiger partial charge in [0.25, 0.3) is 0 Å². The first-order valence-corrected chi connectivity index (χ1v) is 9.76. The fourth-order valence-electron chi connectivity index (χ4n) is 2.36. The van der Waals surface area contributed by atoms with E-state index in [1.807, 2.05) is 24.3 Å². The molecule has 10 heteroatoms. The van der Waals surface area contributed by atoms with Crippen LogP contribution in [0, 0.1) is 5.41 Å². The first-order chi connectivity index (χ1) is 13.5. The van der Waals surface area contributed by atoms with E-state index in [-0.39, 0.29) is 17.1 Å². The van der Waals surface area contributed by atoms with Crippen LogP contribution in [0.25, 0.3) is 0 Å². The summed E-state index contributed by atoms with van der Waals surface area (Å²) in [4.78, 5) is 12.2. The van der Waals surface area contributed by atoms with Crippen molar-refractivity contribution in [3.63, 3.8) is 0 Å². The van der Waals surface area contributed by atoms with E-state index < -0.39 is 23.4 Å². The van der Waals surface area contributed by atoms with Gasteiger partial charge in [0.1, 0.15) is 5.71 Å². The second-order valence-corrected chi connectivity index (χ2v) is 7.64. The molecule has 0 aliphatic carbocycles. The molecule has 2 aromatic rings. The summed E-state index contributed by atoms with van der Waals surface area (Å²) < 4.78 is 39.5. The fourth-order valence-corrected chi connectivity index (χ4v) is 3.17. The summed E-state index contributed by atoms with van der Waals surface area (Å²) in [5.74, 6) is -1.11. The number of halogens is 6. The second kappa shape index (κ2) is 9.75. The molecule has 0 aliphatic rings. The first-order valence-electron chi connectivity index (χ1n) is 8.21. The number of carbonyl (C=O) groups is 1. The average Bonchev–Trinajstić information content (AvgIpc) is 2.65. The number of anilines is 1. The Hall–Kier alpha value is -1.87. The van der Waals surface area contributed by atoms with Crippen LogP contribution in [0.3, 0.4) is 0 Å². The van der Waals surface area contributed by atoms with Crippen molar-refractivity contribution in [2.24, 2.45) is 0 Å². The summed E-state index contributed by atoms with van der Waals surface area (Å²) in [5, 5.41) is 12.2. The second-order valence-electron chi connectivity index (χ2n) is 5.91. The van der Waals surface area contributed by atoms with Gasteiger partial charge in [-0.3, -0.25) is 10.2 Å². The molecule has 0 spiro atoms. The van der Waals surface area contributed by atoms with Crippen molar-refractivity contribution in [1.82, 2.24) is 0 Å². The van der Waals surface area contributed by atoms with Gasteiger partial charge in [-0.25, -0.2) is 0 Å². The van der Waals surface area contributed by atoms with Crippen LogP contribution < -0.4 is 10.6 Å². The van der Waals surface area contributed by atoms with Gasteiger partial charge in [-0.1, -0.05) is 39.1 Å². The maximum absolute atomic E-state index is 12.9. The number of hydrogen-bond acceptors (Lipinski definition) is 3. The van der Waals surface area contributed by atoms with Gasteiger partial charge in [0.15, 0.2) is 0 Å². The number of nitrogens with one attached hydrogen (secondary N) is 2. The number of alkyl halides is 3. The zero-order valence-electron chi connectivity index (χ0n) is 15.0. The van der Waals surface area contributed by atoms with Gasteiger partial charge in [0, 0.05) is 27.3 Å². The highest BCUT2D eigenvalue weighted by atomic mass is 79.9. The Morgan fingerprint density at radius 1 is 1.21 bits per heavy atom. The van der Waals surface area contributed by atoms with Crippen molar-refractivity contribution in [1.29, 1.82) is 5.41 Å². The monoisotopic (exact) mass is 508 g/mol. The Balaban J connectivity index is 2.27. The molecule has 29 heavy (non-hydrogen) atoms. The summed E-state index contributed by atoms with van der Waals surface area (Å²) in [6, 6.07) is 10.2. The van der Waals surface area contributed by atoms with Crippen LogP contribution in [0.4, 0.5) is 18.9 Å². The number of nitrogens with two attached hydrogens (primary N) is 1. The maximum Gasteiger partial charge on any atom is 0.466 e. The Labute approximate surface area is 183 Å². The SMILES string of the molecule is C[NH2+]/C(=C\C(=O)C(=N)c1cc(CNc2ccc(Br)cc2)c(Cl)cc1Cl)C(F)(F)F. The molecule has 0 radical (unpaired) electrons. The minimum absolute atomic E-state index is 0.00236. The van der Waals surface area contributed by atoms with Gasteiger partial charge in [-0.15, -0.1) is 0 Å². The van der Waals surface area contributed by atoms with Crippen LogP contribution >= 0.6 is 39.1 Å². The lowest BCUT2D eigenvalue weighted by atomic mass is 10.0. The summed E-state index contributed by atoms with van der Waals surface area (Å²) >= 11 is 15.6. The van der Waals surface area contributed by atoms with Gasteiger partial charge >= 0.3 is 6.18 Å². The van der Waals surface area contributed by atoms with Gasteiger partial charge in [0.2, 0.25) is 11.5 Å². The van der Waals surface area contributed by atoms with E-state index in [4.69, 9.17) is 28.6 Å². The zero-order chi connectivity index (χ0) is 21.8. The molecule has 0 heterocycles. The van der Waals surface area contributed by atoms with E-state index in [2.05, 4.69) is 21.2 Å². The van der Waals surface area contributed by atoms with Crippen molar-refractivity contribution in [2.45, 2.75) is 12.7 Å². The number of benzene rings is 2. The number of ketones is 1. The van der Waals surface area contributed by atoms with E-state index in [0.717, 1.165) is 22.5 Å². The summed E-state index contributed by atoms with van der Waals surface area (Å²) in [6.07, 6.45) is -4.30. The Morgan fingerprint density at radius 3 is 2.38 bits per heavy atom. The fraction of sp³-hybridized carbons (Fsp3) is 0.158. The predicted molar refractivity (Wildman–Crippen MR) is 112 cm³/mol. The molecule has 2 aromatic carbocycles. The molecule has 0 atom stereocenters. The number of rotatable bonds is 7. The summed E-state index contributed by atoms with van der Waals surface area (Å²) in [6.45, 7) is 0.262. The minimum Gasteiger partial charge on any atom is -0.381 e. The summed E-state index contributed by atoms with van der Waals surface area (Å²) in [7, 11) is 1.16. The molecule has 0 fully saturated rings. The molecular weight excluding hydrogens is 494 g/mol. The Kier molecular flexibility index (Phi) is 7.87. The van der Waals surface area contributed by atoms with Gasteiger partial charge in [0.05, 0.1) is 18.1 Å². The third kappa shape index (κ3) is 6.30. The van der Waals surface area contributed by atoms with Crippen LogP contribution in [0.1, 0.15) is 11.1 Å². The quantitative estimate of drug-likeness (QED) is 0.365. The van der Waals surface area contributed by atoms with Crippen LogP contribution in [-0.4, -0.2) is 24.7 Å². The smallest absolute Gasteiger partial charge is 0.381 e. The highest BCUT2D eigenvalue weighted by Gasteiger charge is 2.38. The zero-order valence-corrected chi connectivity index (χ0v) is 18.1. The molecule has 0 aliphatic heterocycles. The van der Waals surface area contributed by atoms with Crippen LogP contribution in [0.2, 0.25) is 10.0 Å². The van der Waals surface area contributed by atoms with Gasteiger partial charge < -0.3 is 10.6 Å². The van der Waals surface area contributed by atoms with E-state index in [1.165, 1.54) is 12.1 Å². The van der Waals surface area contributed by atoms with Crippen LogP contribution in [0.15, 0.2) is 52.6 Å². The standard InChI is InChI=1S/C19H15BrCl2F3N3O/c1-27-17(19(23,24)25)8-16(29)18(26)13-6-10(14(21)7-15(13)22)9-28-12-4-2-11(20)3-5-12/h2-8,26-28H,9H2,1H3/p+1/b17-8-,26-18?. The summed E-state index contributed by atoms with van der Waals surface area (Å²) in [5.41, 5.74) is -0.436. The molecular formula is C19H16BrCl2F3N3O+. The van der Waals surface area contributed by atoms with E-state index >= 15 is 0 Å². The highest BCUT2D eigenvalue weighted by molar-refractivity contribution is 9.10.